The fourth-order valence-corrected chi connectivity index (χ4v) is 4.43. The second-order valence-electron chi connectivity index (χ2n) is 6.46. The SMILES string of the molecule is Cc1nn(CN2CCN(Cc3ccc4c(c3)CCO4)CC2)c(=S)s1. The molecule has 1 aromatic heterocycles. The molecule has 0 saturated carbocycles. The normalized spacial score (nSPS) is 18.5. The lowest BCUT2D eigenvalue weighted by Crippen LogP contribution is -2.46. The molecule has 0 unspecified atom stereocenters. The Hall–Kier alpha value is -1.28. The predicted molar refractivity (Wildman–Crippen MR) is 98.2 cm³/mol. The third kappa shape index (κ3) is 3.54. The van der Waals surface area contributed by atoms with E-state index in [1.165, 1.54) is 11.1 Å². The van der Waals surface area contributed by atoms with Crippen LogP contribution in [-0.4, -0.2) is 52.4 Å². The van der Waals surface area contributed by atoms with E-state index in [2.05, 4.69) is 33.1 Å². The Balaban J connectivity index is 1.31. The number of fused-ring (bicyclic) bond motifs is 1. The maximum atomic E-state index is 5.59. The summed E-state index contributed by atoms with van der Waals surface area (Å²) in [7, 11) is 0. The Morgan fingerprint density at radius 3 is 2.75 bits per heavy atom. The van der Waals surface area contributed by atoms with Crippen molar-refractivity contribution in [2.75, 3.05) is 32.8 Å². The van der Waals surface area contributed by atoms with Gasteiger partial charge in [0.1, 0.15) is 10.8 Å². The smallest absolute Gasteiger partial charge is 0.180 e. The Morgan fingerprint density at radius 1 is 1.21 bits per heavy atom. The van der Waals surface area contributed by atoms with Crippen molar-refractivity contribution in [3.05, 3.63) is 38.3 Å². The molecule has 128 valence electrons. The van der Waals surface area contributed by atoms with Gasteiger partial charge in [0.25, 0.3) is 0 Å². The van der Waals surface area contributed by atoms with Crippen molar-refractivity contribution < 1.29 is 4.74 Å². The number of aryl methyl sites for hydroxylation is 1. The topological polar surface area (TPSA) is 33.5 Å². The molecule has 0 atom stereocenters. The summed E-state index contributed by atoms with van der Waals surface area (Å²) >= 11 is 6.95. The summed E-state index contributed by atoms with van der Waals surface area (Å²) in [6, 6.07) is 6.64. The van der Waals surface area contributed by atoms with Crippen LogP contribution in [0.2, 0.25) is 0 Å². The molecule has 0 spiro atoms. The molecule has 0 amide bonds. The van der Waals surface area contributed by atoms with Gasteiger partial charge in [-0.1, -0.05) is 23.5 Å². The summed E-state index contributed by atoms with van der Waals surface area (Å²) in [4.78, 5) is 4.96. The number of piperazine rings is 1. The van der Waals surface area contributed by atoms with Crippen LogP contribution in [0.4, 0.5) is 0 Å². The van der Waals surface area contributed by atoms with E-state index in [1.54, 1.807) is 11.3 Å². The zero-order valence-electron chi connectivity index (χ0n) is 13.9. The van der Waals surface area contributed by atoms with Gasteiger partial charge in [0.05, 0.1) is 13.3 Å². The van der Waals surface area contributed by atoms with Crippen LogP contribution in [0.5, 0.6) is 5.75 Å². The first-order valence-corrected chi connectivity index (χ1v) is 9.64. The van der Waals surface area contributed by atoms with Gasteiger partial charge in [-0.2, -0.15) is 5.10 Å². The van der Waals surface area contributed by atoms with Crippen LogP contribution in [-0.2, 0) is 19.6 Å². The number of hydrogen-bond donors (Lipinski definition) is 0. The highest BCUT2D eigenvalue weighted by atomic mass is 32.1. The molecule has 24 heavy (non-hydrogen) atoms. The minimum Gasteiger partial charge on any atom is -0.493 e. The number of ether oxygens (including phenoxy) is 1. The summed E-state index contributed by atoms with van der Waals surface area (Å²) < 4.78 is 8.41. The second kappa shape index (κ2) is 6.92. The lowest BCUT2D eigenvalue weighted by molar-refractivity contribution is 0.0983. The van der Waals surface area contributed by atoms with E-state index in [1.807, 2.05) is 11.6 Å². The molecule has 2 aliphatic rings. The van der Waals surface area contributed by atoms with Gasteiger partial charge in [-0.15, -0.1) is 0 Å². The molecule has 1 aromatic carbocycles. The van der Waals surface area contributed by atoms with Gasteiger partial charge in [0, 0.05) is 39.1 Å². The highest BCUT2D eigenvalue weighted by Gasteiger charge is 2.19. The van der Waals surface area contributed by atoms with Crippen molar-refractivity contribution in [1.82, 2.24) is 19.6 Å². The van der Waals surface area contributed by atoms with Crippen molar-refractivity contribution >= 4 is 23.6 Å². The van der Waals surface area contributed by atoms with Gasteiger partial charge in [0.15, 0.2) is 3.95 Å². The van der Waals surface area contributed by atoms with Crippen LogP contribution in [0.1, 0.15) is 16.1 Å². The van der Waals surface area contributed by atoms with Crippen LogP contribution in [0, 0.1) is 10.9 Å². The number of rotatable bonds is 4. The number of hydrogen-bond acceptors (Lipinski definition) is 6. The third-order valence-electron chi connectivity index (χ3n) is 4.67. The molecule has 0 bridgehead atoms. The highest BCUT2D eigenvalue weighted by molar-refractivity contribution is 7.73. The van der Waals surface area contributed by atoms with Gasteiger partial charge >= 0.3 is 0 Å². The zero-order valence-corrected chi connectivity index (χ0v) is 15.5. The average molecular weight is 363 g/mol. The molecular weight excluding hydrogens is 340 g/mol. The summed E-state index contributed by atoms with van der Waals surface area (Å²) in [5, 5.41) is 5.53. The van der Waals surface area contributed by atoms with E-state index < -0.39 is 0 Å². The van der Waals surface area contributed by atoms with Crippen molar-refractivity contribution in [1.29, 1.82) is 0 Å². The Bertz CT molecular complexity index is 777. The van der Waals surface area contributed by atoms with Crippen LogP contribution in [0.25, 0.3) is 0 Å². The Morgan fingerprint density at radius 2 is 2.00 bits per heavy atom. The van der Waals surface area contributed by atoms with Gasteiger partial charge < -0.3 is 4.74 Å². The average Bonchev–Trinajstić information content (AvgIpc) is 3.15. The molecule has 5 nitrogen and oxygen atoms in total. The molecule has 1 saturated heterocycles. The van der Waals surface area contributed by atoms with Gasteiger partial charge in [-0.3, -0.25) is 9.80 Å². The minimum atomic E-state index is 0.813. The molecule has 2 aromatic rings. The second-order valence-corrected chi connectivity index (χ2v) is 8.29. The Kier molecular flexibility index (Phi) is 4.67. The third-order valence-corrected chi connectivity index (χ3v) is 5.89. The first-order chi connectivity index (χ1) is 11.7. The summed E-state index contributed by atoms with van der Waals surface area (Å²) in [6.45, 7) is 8.98. The van der Waals surface area contributed by atoms with E-state index in [0.29, 0.717) is 0 Å². The number of benzene rings is 1. The first kappa shape index (κ1) is 16.2. The largest absolute Gasteiger partial charge is 0.493 e. The maximum Gasteiger partial charge on any atom is 0.180 e. The molecular formula is C17H22N4OS2. The van der Waals surface area contributed by atoms with Crippen molar-refractivity contribution in [2.45, 2.75) is 26.6 Å². The van der Waals surface area contributed by atoms with Crippen LogP contribution >= 0.6 is 23.6 Å². The Labute approximate surface area is 151 Å². The van der Waals surface area contributed by atoms with Crippen LogP contribution in [0.3, 0.4) is 0 Å². The van der Waals surface area contributed by atoms with Crippen LogP contribution in [0.15, 0.2) is 18.2 Å². The fourth-order valence-electron chi connectivity index (χ4n) is 3.37. The molecule has 2 aliphatic heterocycles. The maximum absolute atomic E-state index is 5.59. The van der Waals surface area contributed by atoms with Crippen molar-refractivity contribution in [3.63, 3.8) is 0 Å². The lowest BCUT2D eigenvalue weighted by atomic mass is 10.1. The quantitative estimate of drug-likeness (QED) is 0.781. The summed E-state index contributed by atoms with van der Waals surface area (Å²) in [6.07, 6.45) is 1.05. The standard InChI is InChI=1S/C17H22N4OS2/c1-13-18-21(17(23)24-13)12-20-7-5-19(6-8-20)11-14-2-3-16-15(10-14)4-9-22-16/h2-3,10H,4-9,11-12H2,1H3. The molecule has 1 fully saturated rings. The fraction of sp³-hybridized carbons (Fsp3) is 0.529. The zero-order chi connectivity index (χ0) is 16.5. The van der Waals surface area contributed by atoms with E-state index in [-0.39, 0.29) is 0 Å². The van der Waals surface area contributed by atoms with E-state index in [4.69, 9.17) is 17.0 Å². The van der Waals surface area contributed by atoms with Crippen LogP contribution < -0.4 is 4.74 Å². The lowest BCUT2D eigenvalue weighted by Gasteiger charge is -2.34. The van der Waals surface area contributed by atoms with Gasteiger partial charge in [-0.25, -0.2) is 4.68 Å². The molecule has 0 N–H and O–H groups in total. The van der Waals surface area contributed by atoms with E-state index in [9.17, 15) is 0 Å². The number of nitrogens with zero attached hydrogens (tertiary/aromatic N) is 4. The molecule has 0 radical (unpaired) electrons. The van der Waals surface area contributed by atoms with E-state index >= 15 is 0 Å². The molecule has 7 heteroatoms. The molecule has 4 rings (SSSR count). The van der Waals surface area contributed by atoms with Gasteiger partial charge in [0.2, 0.25) is 0 Å². The number of aromatic nitrogens is 2. The highest BCUT2D eigenvalue weighted by Crippen LogP contribution is 2.26. The first-order valence-electron chi connectivity index (χ1n) is 8.41. The summed E-state index contributed by atoms with van der Waals surface area (Å²) in [5.74, 6) is 1.07. The van der Waals surface area contributed by atoms with E-state index in [0.717, 1.165) is 67.1 Å². The predicted octanol–water partition coefficient (Wildman–Crippen LogP) is 2.69. The minimum absolute atomic E-state index is 0.813. The monoisotopic (exact) mass is 362 g/mol. The molecule has 0 aliphatic carbocycles. The molecule has 3 heterocycles. The van der Waals surface area contributed by atoms with Crippen molar-refractivity contribution in [3.8, 4) is 5.75 Å². The van der Waals surface area contributed by atoms with Crippen molar-refractivity contribution in [2.24, 2.45) is 0 Å². The van der Waals surface area contributed by atoms with Gasteiger partial charge in [-0.05, 0) is 36.3 Å². The summed E-state index contributed by atoms with van der Waals surface area (Å²) in [5.41, 5.74) is 2.75.